The quantitative estimate of drug-likeness (QED) is 0.799. The number of hydrogen-bond donors (Lipinski definition) is 2. The number of amides is 1. The van der Waals surface area contributed by atoms with Crippen molar-refractivity contribution in [2.24, 2.45) is 0 Å². The Kier molecular flexibility index (Phi) is 5.39. The van der Waals surface area contributed by atoms with Crippen molar-refractivity contribution in [2.45, 2.75) is 26.1 Å². The van der Waals surface area contributed by atoms with Crippen LogP contribution < -0.4 is 10.6 Å². The Labute approximate surface area is 142 Å². The first-order valence-electron chi connectivity index (χ1n) is 7.18. The lowest BCUT2D eigenvalue weighted by atomic mass is 10.1. The Balaban J connectivity index is 2.11. The molecular formula is C17H16ClF3N2O. The van der Waals surface area contributed by atoms with Gasteiger partial charge in [0.25, 0.3) is 0 Å². The highest BCUT2D eigenvalue weighted by molar-refractivity contribution is 6.31. The van der Waals surface area contributed by atoms with E-state index in [0.29, 0.717) is 10.7 Å². The average Bonchev–Trinajstić information content (AvgIpc) is 2.50. The van der Waals surface area contributed by atoms with Crippen molar-refractivity contribution in [1.82, 2.24) is 0 Å². The van der Waals surface area contributed by atoms with E-state index in [1.807, 2.05) is 6.92 Å². The molecule has 2 aromatic carbocycles. The van der Waals surface area contributed by atoms with Crippen molar-refractivity contribution in [3.05, 3.63) is 58.6 Å². The van der Waals surface area contributed by atoms with Gasteiger partial charge in [-0.15, -0.1) is 0 Å². The molecule has 2 rings (SSSR count). The summed E-state index contributed by atoms with van der Waals surface area (Å²) in [6.45, 7) is 3.40. The van der Waals surface area contributed by atoms with Crippen LogP contribution in [0.3, 0.4) is 0 Å². The molecule has 24 heavy (non-hydrogen) atoms. The third-order valence-corrected chi connectivity index (χ3v) is 3.85. The number of hydrogen-bond acceptors (Lipinski definition) is 2. The minimum absolute atomic E-state index is 0.273. The smallest absolute Gasteiger partial charge is 0.374 e. The van der Waals surface area contributed by atoms with Gasteiger partial charge < -0.3 is 10.6 Å². The zero-order valence-corrected chi connectivity index (χ0v) is 13.8. The first-order valence-corrected chi connectivity index (χ1v) is 7.56. The average molecular weight is 357 g/mol. The Morgan fingerprint density at radius 2 is 1.83 bits per heavy atom. The van der Waals surface area contributed by atoms with E-state index in [9.17, 15) is 18.0 Å². The number of para-hydroxylation sites is 1. The molecule has 0 aliphatic carbocycles. The summed E-state index contributed by atoms with van der Waals surface area (Å²) in [6.07, 6.45) is -4.54. The van der Waals surface area contributed by atoms with Crippen LogP contribution in [0.15, 0.2) is 42.5 Å². The Hall–Kier alpha value is -2.21. The van der Waals surface area contributed by atoms with Crippen LogP contribution in [0.1, 0.15) is 18.1 Å². The van der Waals surface area contributed by atoms with E-state index in [4.69, 9.17) is 11.6 Å². The lowest BCUT2D eigenvalue weighted by Crippen LogP contribution is -2.32. The minimum atomic E-state index is -4.54. The van der Waals surface area contributed by atoms with Crippen molar-refractivity contribution < 1.29 is 18.0 Å². The Morgan fingerprint density at radius 3 is 2.46 bits per heavy atom. The van der Waals surface area contributed by atoms with E-state index >= 15 is 0 Å². The predicted octanol–water partition coefficient (Wildman–Crippen LogP) is 5.11. The molecule has 0 spiro atoms. The van der Waals surface area contributed by atoms with Crippen LogP contribution in [0, 0.1) is 6.92 Å². The van der Waals surface area contributed by atoms with Crippen molar-refractivity contribution in [3.63, 3.8) is 0 Å². The van der Waals surface area contributed by atoms with Crippen molar-refractivity contribution in [2.75, 3.05) is 10.6 Å². The molecule has 3 nitrogen and oxygen atoms in total. The highest BCUT2D eigenvalue weighted by Gasteiger charge is 2.33. The van der Waals surface area contributed by atoms with Gasteiger partial charge >= 0.3 is 6.18 Å². The minimum Gasteiger partial charge on any atom is -0.374 e. The van der Waals surface area contributed by atoms with Crippen LogP contribution in [0.25, 0.3) is 0 Å². The molecule has 0 bridgehead atoms. The van der Waals surface area contributed by atoms with Crippen molar-refractivity contribution in [3.8, 4) is 0 Å². The van der Waals surface area contributed by atoms with Gasteiger partial charge in [-0.05, 0) is 43.7 Å². The second-order valence-corrected chi connectivity index (χ2v) is 5.77. The number of rotatable bonds is 4. The maximum atomic E-state index is 12.9. The van der Waals surface area contributed by atoms with E-state index in [-0.39, 0.29) is 5.69 Å². The van der Waals surface area contributed by atoms with E-state index in [0.717, 1.165) is 11.6 Å². The van der Waals surface area contributed by atoms with Gasteiger partial charge in [-0.1, -0.05) is 29.8 Å². The number of benzene rings is 2. The lowest BCUT2D eigenvalue weighted by molar-refractivity contribution is -0.137. The van der Waals surface area contributed by atoms with Crippen LogP contribution in [-0.2, 0) is 11.0 Å². The molecule has 128 valence electrons. The van der Waals surface area contributed by atoms with Gasteiger partial charge in [0, 0.05) is 10.7 Å². The van der Waals surface area contributed by atoms with E-state index < -0.39 is 23.7 Å². The lowest BCUT2D eigenvalue weighted by Gasteiger charge is -2.18. The van der Waals surface area contributed by atoms with Crippen molar-refractivity contribution >= 4 is 28.9 Å². The van der Waals surface area contributed by atoms with E-state index in [2.05, 4.69) is 10.6 Å². The molecule has 2 aromatic rings. The van der Waals surface area contributed by atoms with Crippen molar-refractivity contribution in [1.29, 1.82) is 0 Å². The summed E-state index contributed by atoms with van der Waals surface area (Å²) in [5.74, 6) is -0.580. The fraction of sp³-hybridized carbons (Fsp3) is 0.235. The summed E-state index contributed by atoms with van der Waals surface area (Å²) in [5, 5.41) is 5.76. The highest BCUT2D eigenvalue weighted by Crippen LogP contribution is 2.34. The predicted molar refractivity (Wildman–Crippen MR) is 89.3 cm³/mol. The van der Waals surface area contributed by atoms with Gasteiger partial charge in [0.2, 0.25) is 5.91 Å². The van der Waals surface area contributed by atoms with Gasteiger partial charge in [0.1, 0.15) is 6.04 Å². The largest absolute Gasteiger partial charge is 0.418 e. The number of halogens is 4. The molecule has 1 atom stereocenters. The SMILES string of the molecule is Cc1ccc(NC(C)C(=O)Nc2ccccc2C(F)(F)F)cc1Cl. The zero-order valence-electron chi connectivity index (χ0n) is 13.0. The first kappa shape index (κ1) is 18.1. The molecular weight excluding hydrogens is 341 g/mol. The van der Waals surface area contributed by atoms with Gasteiger partial charge in [-0.2, -0.15) is 13.2 Å². The number of carbonyl (C=O) groups excluding carboxylic acids is 1. The normalized spacial score (nSPS) is 12.6. The van der Waals surface area contributed by atoms with E-state index in [1.54, 1.807) is 25.1 Å². The second kappa shape index (κ2) is 7.13. The molecule has 0 fully saturated rings. The molecule has 0 saturated carbocycles. The van der Waals surface area contributed by atoms with Gasteiger partial charge in [-0.25, -0.2) is 0 Å². The van der Waals surface area contributed by atoms with Crippen LogP contribution in [0.2, 0.25) is 5.02 Å². The standard InChI is InChI=1S/C17H16ClF3N2O/c1-10-7-8-12(9-14(10)18)22-11(2)16(24)23-15-6-4-3-5-13(15)17(19,20)21/h3-9,11,22H,1-2H3,(H,23,24). The molecule has 0 saturated heterocycles. The molecule has 0 heterocycles. The third-order valence-electron chi connectivity index (χ3n) is 3.44. The second-order valence-electron chi connectivity index (χ2n) is 5.36. The number of anilines is 2. The molecule has 0 radical (unpaired) electrons. The topological polar surface area (TPSA) is 41.1 Å². The van der Waals surface area contributed by atoms with Crippen LogP contribution in [0.4, 0.5) is 24.5 Å². The number of nitrogens with one attached hydrogen (secondary N) is 2. The maximum absolute atomic E-state index is 12.9. The molecule has 0 aromatic heterocycles. The van der Waals surface area contributed by atoms with Crippen LogP contribution in [-0.4, -0.2) is 11.9 Å². The summed E-state index contributed by atoms with van der Waals surface area (Å²) < 4.78 is 38.8. The molecule has 0 aliphatic heterocycles. The summed E-state index contributed by atoms with van der Waals surface area (Å²) in [5.41, 5.74) is 0.338. The van der Waals surface area contributed by atoms with Gasteiger partial charge in [0.15, 0.2) is 0 Å². The summed E-state index contributed by atoms with van der Waals surface area (Å²) in [7, 11) is 0. The monoisotopic (exact) mass is 356 g/mol. The van der Waals surface area contributed by atoms with Gasteiger partial charge in [0.05, 0.1) is 11.3 Å². The molecule has 1 unspecified atom stereocenters. The summed E-state index contributed by atoms with van der Waals surface area (Å²) in [6, 6.07) is 9.29. The molecule has 0 aliphatic rings. The Bertz CT molecular complexity index is 747. The number of aryl methyl sites for hydroxylation is 1. The molecule has 2 N–H and O–H groups in total. The third kappa shape index (κ3) is 4.41. The zero-order chi connectivity index (χ0) is 17.9. The van der Waals surface area contributed by atoms with Crippen LogP contribution >= 0.6 is 11.6 Å². The fourth-order valence-electron chi connectivity index (χ4n) is 2.08. The first-order chi connectivity index (χ1) is 11.2. The highest BCUT2D eigenvalue weighted by atomic mass is 35.5. The number of carbonyl (C=O) groups is 1. The van der Waals surface area contributed by atoms with Crippen LogP contribution in [0.5, 0.6) is 0 Å². The molecule has 7 heteroatoms. The van der Waals surface area contributed by atoms with Gasteiger partial charge in [-0.3, -0.25) is 4.79 Å². The molecule has 1 amide bonds. The summed E-state index contributed by atoms with van der Waals surface area (Å²) in [4.78, 5) is 12.2. The maximum Gasteiger partial charge on any atom is 0.418 e. The van der Waals surface area contributed by atoms with E-state index in [1.165, 1.54) is 18.2 Å². The number of alkyl halides is 3. The summed E-state index contributed by atoms with van der Waals surface area (Å²) >= 11 is 6.01. The fourth-order valence-corrected chi connectivity index (χ4v) is 2.26. The Morgan fingerprint density at radius 1 is 1.17 bits per heavy atom.